The largest absolute Gasteiger partial charge is 0.381 e. The van der Waals surface area contributed by atoms with Crippen LogP contribution >= 0.6 is 15.9 Å². The molecule has 3 nitrogen and oxygen atoms in total. The van der Waals surface area contributed by atoms with E-state index in [0.29, 0.717) is 5.56 Å². The number of nitrogens with zero attached hydrogens (tertiary/aromatic N) is 1. The molecular formula is C9H5BrF2N2O. The lowest BCUT2D eigenvalue weighted by Crippen LogP contribution is -1.88. The van der Waals surface area contributed by atoms with Crippen LogP contribution in [0.4, 0.5) is 14.6 Å². The molecule has 1 aromatic carbocycles. The van der Waals surface area contributed by atoms with Crippen molar-refractivity contribution in [2.75, 3.05) is 5.73 Å². The summed E-state index contributed by atoms with van der Waals surface area (Å²) in [5, 5.41) is 3.45. The maximum Gasteiger partial charge on any atom is 0.173 e. The number of rotatable bonds is 1. The molecule has 2 N–H and O–H groups in total. The Bertz CT molecular complexity index is 513. The Labute approximate surface area is 92.0 Å². The van der Waals surface area contributed by atoms with Crippen LogP contribution in [0.2, 0.25) is 0 Å². The van der Waals surface area contributed by atoms with Crippen LogP contribution in [-0.2, 0) is 0 Å². The highest BCUT2D eigenvalue weighted by Crippen LogP contribution is 2.32. The van der Waals surface area contributed by atoms with Gasteiger partial charge in [-0.1, -0.05) is 5.16 Å². The lowest BCUT2D eigenvalue weighted by molar-refractivity contribution is 0.434. The van der Waals surface area contributed by atoms with E-state index in [0.717, 1.165) is 6.07 Å². The third kappa shape index (κ3) is 1.72. The quantitative estimate of drug-likeness (QED) is 0.814. The van der Waals surface area contributed by atoms with Gasteiger partial charge in [-0.15, -0.1) is 0 Å². The molecule has 15 heavy (non-hydrogen) atoms. The van der Waals surface area contributed by atoms with E-state index in [1.54, 1.807) is 0 Å². The number of aromatic nitrogens is 1. The van der Waals surface area contributed by atoms with Gasteiger partial charge in [0.2, 0.25) is 0 Å². The molecule has 0 amide bonds. The van der Waals surface area contributed by atoms with Crippen LogP contribution < -0.4 is 5.73 Å². The number of nitrogens with two attached hydrogens (primary N) is 1. The van der Waals surface area contributed by atoms with Crippen molar-refractivity contribution >= 4 is 21.7 Å². The smallest absolute Gasteiger partial charge is 0.173 e. The van der Waals surface area contributed by atoms with Gasteiger partial charge < -0.3 is 10.3 Å². The summed E-state index contributed by atoms with van der Waals surface area (Å²) >= 11 is 2.93. The summed E-state index contributed by atoms with van der Waals surface area (Å²) in [4.78, 5) is 0. The molecule has 1 heterocycles. The second kappa shape index (κ2) is 3.62. The van der Waals surface area contributed by atoms with Crippen molar-refractivity contribution in [2.45, 2.75) is 0 Å². The molecule has 0 radical (unpaired) electrons. The molecule has 0 saturated heterocycles. The number of halogens is 3. The maximum absolute atomic E-state index is 13.2. The van der Waals surface area contributed by atoms with Crippen molar-refractivity contribution in [3.63, 3.8) is 0 Å². The van der Waals surface area contributed by atoms with Gasteiger partial charge in [-0.3, -0.25) is 0 Å². The van der Waals surface area contributed by atoms with Crippen LogP contribution in [0.25, 0.3) is 11.3 Å². The average Bonchev–Trinajstić information content (AvgIpc) is 2.61. The topological polar surface area (TPSA) is 52.0 Å². The highest BCUT2D eigenvalue weighted by atomic mass is 79.9. The molecule has 6 heteroatoms. The molecule has 1 aromatic heterocycles. The normalized spacial score (nSPS) is 10.6. The molecule has 78 valence electrons. The Balaban J connectivity index is 2.59. The standard InChI is InChI=1S/C9H5BrF2N2O/c10-8-4(1-2-5(11)9(8)12)6-3-7(13)14-15-6/h1-3H,(H2,13,14). The minimum absolute atomic E-state index is 0.0151. The van der Waals surface area contributed by atoms with Crippen LogP contribution in [0.3, 0.4) is 0 Å². The van der Waals surface area contributed by atoms with Crippen LogP contribution in [0.5, 0.6) is 0 Å². The van der Waals surface area contributed by atoms with E-state index < -0.39 is 11.6 Å². The molecule has 0 spiro atoms. The number of benzene rings is 1. The van der Waals surface area contributed by atoms with Gasteiger partial charge in [-0.05, 0) is 28.1 Å². The predicted octanol–water partition coefficient (Wildman–Crippen LogP) is 2.96. The van der Waals surface area contributed by atoms with Gasteiger partial charge in [0.25, 0.3) is 0 Å². The van der Waals surface area contributed by atoms with Crippen LogP contribution in [0.15, 0.2) is 27.2 Å². The first-order valence-corrected chi connectivity index (χ1v) is 4.75. The maximum atomic E-state index is 13.2. The van der Waals surface area contributed by atoms with Crippen molar-refractivity contribution < 1.29 is 13.3 Å². The Hall–Kier alpha value is -1.43. The molecule has 0 fully saturated rings. The number of hydrogen-bond donors (Lipinski definition) is 1. The summed E-state index contributed by atoms with van der Waals surface area (Å²) in [6.45, 7) is 0. The molecule has 2 aromatic rings. The summed E-state index contributed by atoms with van der Waals surface area (Å²) in [5.41, 5.74) is 5.71. The Kier molecular flexibility index (Phi) is 2.44. The Morgan fingerprint density at radius 1 is 1.33 bits per heavy atom. The van der Waals surface area contributed by atoms with Gasteiger partial charge in [0, 0.05) is 11.6 Å². The highest BCUT2D eigenvalue weighted by Gasteiger charge is 2.15. The zero-order chi connectivity index (χ0) is 11.0. The van der Waals surface area contributed by atoms with Crippen LogP contribution in [0, 0.1) is 11.6 Å². The highest BCUT2D eigenvalue weighted by molar-refractivity contribution is 9.10. The summed E-state index contributed by atoms with van der Waals surface area (Å²) in [6, 6.07) is 3.81. The fourth-order valence-electron chi connectivity index (χ4n) is 1.13. The first-order chi connectivity index (χ1) is 7.09. The van der Waals surface area contributed by atoms with Crippen molar-refractivity contribution in [3.8, 4) is 11.3 Å². The summed E-state index contributed by atoms with van der Waals surface area (Å²) in [5.74, 6) is -1.44. The Morgan fingerprint density at radius 3 is 2.67 bits per heavy atom. The van der Waals surface area contributed by atoms with E-state index in [2.05, 4.69) is 21.1 Å². The summed E-state index contributed by atoms with van der Waals surface area (Å²) in [6.07, 6.45) is 0. The molecule has 2 rings (SSSR count). The van der Waals surface area contributed by atoms with Crippen molar-refractivity contribution in [3.05, 3.63) is 34.3 Å². The third-order valence-corrected chi connectivity index (χ3v) is 2.60. The van der Waals surface area contributed by atoms with E-state index in [4.69, 9.17) is 10.3 Å². The first-order valence-electron chi connectivity index (χ1n) is 3.95. The zero-order valence-electron chi connectivity index (χ0n) is 7.30. The number of nitrogen functional groups attached to an aromatic ring is 1. The molecule has 0 unspecified atom stereocenters. The van der Waals surface area contributed by atoms with Crippen LogP contribution in [-0.4, -0.2) is 5.16 Å². The predicted molar refractivity (Wildman–Crippen MR) is 54.0 cm³/mol. The summed E-state index contributed by atoms with van der Waals surface area (Å²) in [7, 11) is 0. The molecule has 0 aliphatic heterocycles. The van der Waals surface area contributed by atoms with Crippen molar-refractivity contribution in [1.82, 2.24) is 5.16 Å². The molecule has 0 aliphatic carbocycles. The Morgan fingerprint density at radius 2 is 2.07 bits per heavy atom. The zero-order valence-corrected chi connectivity index (χ0v) is 8.88. The van der Waals surface area contributed by atoms with E-state index in [-0.39, 0.29) is 16.1 Å². The lowest BCUT2D eigenvalue weighted by Gasteiger charge is -2.01. The van der Waals surface area contributed by atoms with Crippen LogP contribution in [0.1, 0.15) is 0 Å². The van der Waals surface area contributed by atoms with Gasteiger partial charge >= 0.3 is 0 Å². The monoisotopic (exact) mass is 274 g/mol. The van der Waals surface area contributed by atoms with Gasteiger partial charge in [0.1, 0.15) is 0 Å². The van der Waals surface area contributed by atoms with Gasteiger partial charge in [0.05, 0.1) is 4.47 Å². The number of anilines is 1. The fraction of sp³-hybridized carbons (Fsp3) is 0. The van der Waals surface area contributed by atoms with E-state index in [1.807, 2.05) is 0 Å². The molecule has 0 saturated carbocycles. The summed E-state index contributed by atoms with van der Waals surface area (Å²) < 4.78 is 30.8. The van der Waals surface area contributed by atoms with E-state index in [9.17, 15) is 8.78 Å². The second-order valence-electron chi connectivity index (χ2n) is 2.84. The third-order valence-electron chi connectivity index (χ3n) is 1.83. The number of hydrogen-bond acceptors (Lipinski definition) is 3. The van der Waals surface area contributed by atoms with Gasteiger partial charge in [-0.25, -0.2) is 8.78 Å². The molecule has 0 bridgehead atoms. The molecular weight excluding hydrogens is 270 g/mol. The average molecular weight is 275 g/mol. The van der Waals surface area contributed by atoms with Crippen molar-refractivity contribution in [1.29, 1.82) is 0 Å². The molecule has 0 aliphatic rings. The SMILES string of the molecule is Nc1cc(-c2ccc(F)c(F)c2Br)on1. The minimum atomic E-state index is -0.970. The minimum Gasteiger partial charge on any atom is -0.381 e. The fourth-order valence-corrected chi connectivity index (χ4v) is 1.65. The lowest BCUT2D eigenvalue weighted by atomic mass is 10.1. The van der Waals surface area contributed by atoms with Gasteiger partial charge in [-0.2, -0.15) is 0 Å². The first kappa shape index (κ1) is 10.1. The van der Waals surface area contributed by atoms with E-state index >= 15 is 0 Å². The van der Waals surface area contributed by atoms with E-state index in [1.165, 1.54) is 12.1 Å². The van der Waals surface area contributed by atoms with Gasteiger partial charge in [0.15, 0.2) is 23.2 Å². The van der Waals surface area contributed by atoms with Crippen molar-refractivity contribution in [2.24, 2.45) is 0 Å². The second-order valence-corrected chi connectivity index (χ2v) is 3.63. The molecule has 0 atom stereocenters.